The van der Waals surface area contributed by atoms with E-state index in [-0.39, 0.29) is 10.6 Å². The van der Waals surface area contributed by atoms with Gasteiger partial charge in [0.2, 0.25) is 0 Å². The number of nitrogens with two attached hydrogens (primary N) is 1. The van der Waals surface area contributed by atoms with Gasteiger partial charge in [0, 0.05) is 10.7 Å². The van der Waals surface area contributed by atoms with Crippen molar-refractivity contribution in [3.63, 3.8) is 0 Å². The van der Waals surface area contributed by atoms with Crippen LogP contribution in [-0.4, -0.2) is 4.21 Å². The summed E-state index contributed by atoms with van der Waals surface area (Å²) >= 11 is 5.94. The smallest absolute Gasteiger partial charge is 0.139 e. The van der Waals surface area contributed by atoms with Gasteiger partial charge < -0.3 is 5.73 Å². The van der Waals surface area contributed by atoms with E-state index >= 15 is 0 Å². The third-order valence-electron chi connectivity index (χ3n) is 2.49. The van der Waals surface area contributed by atoms with E-state index in [1.165, 1.54) is 0 Å². The lowest BCUT2D eigenvalue weighted by atomic mass is 10.2. The third-order valence-corrected chi connectivity index (χ3v) is 4.24. The Morgan fingerprint density at radius 1 is 1.16 bits per heavy atom. The minimum Gasteiger partial charge on any atom is -0.399 e. The van der Waals surface area contributed by atoms with Crippen molar-refractivity contribution in [1.29, 1.82) is 0 Å². The monoisotopic (exact) mass is 301 g/mol. The topological polar surface area (TPSA) is 43.1 Å². The molecule has 2 rings (SSSR count). The number of hydrogen-bond donors (Lipinski definition) is 1. The SMILES string of the molecule is Nc1ccc(Cl)c(CS(=O)c2cc(F)ccc2F)c1. The number of rotatable bonds is 3. The fourth-order valence-corrected chi connectivity index (χ4v) is 3.05. The van der Waals surface area contributed by atoms with Crippen molar-refractivity contribution >= 4 is 28.1 Å². The summed E-state index contributed by atoms with van der Waals surface area (Å²) in [5, 5.41) is 0.388. The molecule has 0 spiro atoms. The van der Waals surface area contributed by atoms with E-state index in [2.05, 4.69) is 0 Å². The Bertz CT molecular complexity index is 649. The zero-order valence-corrected chi connectivity index (χ0v) is 11.3. The lowest BCUT2D eigenvalue weighted by Gasteiger charge is -2.07. The second-order valence-corrected chi connectivity index (χ2v) is 5.74. The molecule has 0 amide bonds. The molecular formula is C13H10ClF2NOS. The molecule has 0 aliphatic carbocycles. The highest BCUT2D eigenvalue weighted by molar-refractivity contribution is 7.84. The number of halogens is 3. The molecule has 0 bridgehead atoms. The Morgan fingerprint density at radius 3 is 2.63 bits per heavy atom. The van der Waals surface area contributed by atoms with Crippen LogP contribution in [-0.2, 0) is 16.6 Å². The van der Waals surface area contributed by atoms with Gasteiger partial charge in [0.05, 0.1) is 21.4 Å². The van der Waals surface area contributed by atoms with E-state index in [1.807, 2.05) is 0 Å². The lowest BCUT2D eigenvalue weighted by molar-refractivity contribution is 0.572. The Balaban J connectivity index is 2.30. The van der Waals surface area contributed by atoms with Crippen LogP contribution in [0.4, 0.5) is 14.5 Å². The molecule has 0 aliphatic heterocycles. The molecule has 0 fully saturated rings. The Morgan fingerprint density at radius 2 is 1.89 bits per heavy atom. The normalized spacial score (nSPS) is 12.4. The van der Waals surface area contributed by atoms with Crippen LogP contribution in [0.3, 0.4) is 0 Å². The second-order valence-electron chi connectivity index (χ2n) is 3.92. The summed E-state index contributed by atoms with van der Waals surface area (Å²) in [7, 11) is -1.73. The van der Waals surface area contributed by atoms with Gasteiger partial charge in [-0.3, -0.25) is 4.21 Å². The average molecular weight is 302 g/mol. The number of nitrogen functional groups attached to an aromatic ring is 1. The van der Waals surface area contributed by atoms with Crippen LogP contribution in [0, 0.1) is 11.6 Å². The van der Waals surface area contributed by atoms with E-state index in [1.54, 1.807) is 18.2 Å². The molecule has 6 heteroatoms. The van der Waals surface area contributed by atoms with E-state index in [4.69, 9.17) is 17.3 Å². The summed E-state index contributed by atoms with van der Waals surface area (Å²) in [4.78, 5) is -0.182. The molecule has 1 unspecified atom stereocenters. The van der Waals surface area contributed by atoms with Gasteiger partial charge >= 0.3 is 0 Å². The summed E-state index contributed by atoms with van der Waals surface area (Å²) in [6.07, 6.45) is 0. The third kappa shape index (κ3) is 3.30. The Labute approximate surface area is 116 Å². The lowest BCUT2D eigenvalue weighted by Crippen LogP contribution is -2.01. The minimum atomic E-state index is -1.73. The molecule has 1 atom stereocenters. The predicted octanol–water partition coefficient (Wildman–Crippen LogP) is 3.51. The zero-order chi connectivity index (χ0) is 14.0. The van der Waals surface area contributed by atoms with Crippen molar-refractivity contribution in [2.75, 3.05) is 5.73 Å². The highest BCUT2D eigenvalue weighted by Gasteiger charge is 2.13. The van der Waals surface area contributed by atoms with Crippen LogP contribution in [0.5, 0.6) is 0 Å². The summed E-state index contributed by atoms with van der Waals surface area (Å²) in [6.45, 7) is 0. The second kappa shape index (κ2) is 5.67. The molecule has 2 nitrogen and oxygen atoms in total. The summed E-state index contributed by atoms with van der Waals surface area (Å²) < 4.78 is 38.6. The maximum atomic E-state index is 13.5. The van der Waals surface area contributed by atoms with Gasteiger partial charge in [0.25, 0.3) is 0 Å². The van der Waals surface area contributed by atoms with Crippen LogP contribution < -0.4 is 5.73 Å². The average Bonchev–Trinajstić information content (AvgIpc) is 2.36. The number of anilines is 1. The summed E-state index contributed by atoms with van der Waals surface area (Å²) in [5.41, 5.74) is 6.60. The van der Waals surface area contributed by atoms with Crippen LogP contribution in [0.25, 0.3) is 0 Å². The molecule has 0 saturated carbocycles. The molecule has 19 heavy (non-hydrogen) atoms. The van der Waals surface area contributed by atoms with Crippen molar-refractivity contribution < 1.29 is 13.0 Å². The molecule has 0 aromatic heterocycles. The highest BCUT2D eigenvalue weighted by Crippen LogP contribution is 2.23. The van der Waals surface area contributed by atoms with Crippen molar-refractivity contribution in [3.05, 3.63) is 58.6 Å². The van der Waals surface area contributed by atoms with Gasteiger partial charge in [-0.15, -0.1) is 0 Å². The Hall–Kier alpha value is -1.46. The van der Waals surface area contributed by atoms with Gasteiger partial charge in [0.1, 0.15) is 11.6 Å². The standard InChI is InChI=1S/C13H10ClF2NOS/c14-11-3-2-10(17)5-8(11)7-19(18)13-6-9(15)1-4-12(13)16/h1-6H,7,17H2. The van der Waals surface area contributed by atoms with Crippen molar-refractivity contribution in [2.45, 2.75) is 10.6 Å². The predicted molar refractivity (Wildman–Crippen MR) is 72.3 cm³/mol. The molecule has 0 saturated heterocycles. The molecule has 100 valence electrons. The van der Waals surface area contributed by atoms with Crippen LogP contribution in [0.1, 0.15) is 5.56 Å². The van der Waals surface area contributed by atoms with E-state index in [9.17, 15) is 13.0 Å². The van der Waals surface area contributed by atoms with E-state index in [0.29, 0.717) is 16.3 Å². The highest BCUT2D eigenvalue weighted by atomic mass is 35.5. The Kier molecular flexibility index (Phi) is 4.17. The number of hydrogen-bond acceptors (Lipinski definition) is 2. The van der Waals surface area contributed by atoms with Gasteiger partial charge in [-0.2, -0.15) is 0 Å². The van der Waals surface area contributed by atoms with Crippen LogP contribution >= 0.6 is 11.6 Å². The molecule has 0 heterocycles. The van der Waals surface area contributed by atoms with Gasteiger partial charge in [-0.25, -0.2) is 8.78 Å². The first-order valence-corrected chi connectivity index (χ1v) is 7.04. The molecule has 2 aromatic rings. The van der Waals surface area contributed by atoms with E-state index < -0.39 is 22.4 Å². The van der Waals surface area contributed by atoms with Crippen molar-refractivity contribution in [2.24, 2.45) is 0 Å². The van der Waals surface area contributed by atoms with Gasteiger partial charge in [-0.05, 0) is 42.0 Å². The first kappa shape index (κ1) is 14.0. The first-order valence-electron chi connectivity index (χ1n) is 5.34. The van der Waals surface area contributed by atoms with Crippen molar-refractivity contribution in [1.82, 2.24) is 0 Å². The zero-order valence-electron chi connectivity index (χ0n) is 9.70. The molecule has 0 aliphatic rings. The summed E-state index contributed by atoms with van der Waals surface area (Å²) in [5.74, 6) is -1.37. The largest absolute Gasteiger partial charge is 0.399 e. The maximum absolute atomic E-state index is 13.5. The van der Waals surface area contributed by atoms with Crippen LogP contribution in [0.15, 0.2) is 41.3 Å². The van der Waals surface area contributed by atoms with E-state index in [0.717, 1.165) is 18.2 Å². The number of benzene rings is 2. The molecular weight excluding hydrogens is 292 g/mol. The molecule has 0 radical (unpaired) electrons. The van der Waals surface area contributed by atoms with Crippen molar-refractivity contribution in [3.8, 4) is 0 Å². The molecule has 2 N–H and O–H groups in total. The quantitative estimate of drug-likeness (QED) is 0.882. The van der Waals surface area contributed by atoms with Gasteiger partial charge in [-0.1, -0.05) is 11.6 Å². The maximum Gasteiger partial charge on any atom is 0.139 e. The first-order chi connectivity index (χ1) is 8.97. The minimum absolute atomic E-state index is 0.0236. The van der Waals surface area contributed by atoms with Crippen LogP contribution in [0.2, 0.25) is 5.02 Å². The fourth-order valence-electron chi connectivity index (χ4n) is 1.58. The molecule has 2 aromatic carbocycles. The van der Waals surface area contributed by atoms with Gasteiger partial charge in [0.15, 0.2) is 0 Å². The fraction of sp³-hybridized carbons (Fsp3) is 0.0769. The summed E-state index contributed by atoms with van der Waals surface area (Å²) in [6, 6.07) is 7.60.